The zero-order chi connectivity index (χ0) is 71.4. The van der Waals surface area contributed by atoms with Gasteiger partial charge in [-0.2, -0.15) is 0 Å². The molecule has 2 heterocycles. The average molecular weight is 1510 g/mol. The summed E-state index contributed by atoms with van der Waals surface area (Å²) in [5, 5.41) is 0.683. The number of rotatable bonds is 20. The van der Waals surface area contributed by atoms with E-state index in [-0.39, 0.29) is 51.4 Å². The van der Waals surface area contributed by atoms with Crippen molar-refractivity contribution < 1.29 is 15.9 Å². The molecule has 0 atom stereocenters. The average Bonchev–Trinajstić information content (AvgIpc) is 1.73. The van der Waals surface area contributed by atoms with E-state index in [2.05, 4.69) is 422 Å². The van der Waals surface area contributed by atoms with Gasteiger partial charge in [0.25, 0.3) is 0 Å². The molecule has 0 unspecified atom stereocenters. The normalized spacial score (nSPS) is 11.9. The van der Waals surface area contributed by atoms with Gasteiger partial charge in [-0.25, -0.2) is 0 Å². The van der Waals surface area contributed by atoms with Crippen molar-refractivity contribution in [2.75, 3.05) is 9.80 Å². The molecule has 0 amide bonds. The molecular formula is C98H77Cl3N3Pd-. The van der Waals surface area contributed by atoms with Crippen LogP contribution in [0.5, 0.6) is 0 Å². The zero-order valence-electron chi connectivity index (χ0n) is 57.7. The molecule has 16 rings (SSSR count). The maximum absolute atomic E-state index is 5.48. The molecule has 1 aliphatic rings. The van der Waals surface area contributed by atoms with Crippen molar-refractivity contribution in [3.63, 3.8) is 0 Å². The van der Waals surface area contributed by atoms with Crippen molar-refractivity contribution in [1.29, 1.82) is 0 Å². The Kier molecular flexibility index (Phi) is 24.1. The summed E-state index contributed by atoms with van der Waals surface area (Å²) in [5.41, 5.74) is 24.1. The quantitative estimate of drug-likeness (QED) is 0.0431. The van der Waals surface area contributed by atoms with Gasteiger partial charge in [-0.1, -0.05) is 400 Å². The number of aromatic nitrogens is 1. The number of benzene rings is 14. The SMILES string of the molecule is C1=CN(c2c(C(c3ccccc3)c3ccccc3)cc(C(c3ccccc3)c3ccccc3)cc2C(c2ccccc2)c2ccccc2)[CH-]N1c1c(C(c2ccccc2)c2ccccc2)cc(C(c2ccccc2)c2ccccc2)cc1C(c1ccccc1)c1ccccc1.Clc1cccnc1.[Cl][Pd][Cl]. The Bertz CT molecular complexity index is 4400. The van der Waals surface area contributed by atoms with Crippen LogP contribution < -0.4 is 9.80 Å². The number of nitrogens with zero attached hydrogens (tertiary/aromatic N) is 3. The zero-order valence-corrected chi connectivity index (χ0v) is 61.6. The summed E-state index contributed by atoms with van der Waals surface area (Å²) in [5.74, 6) is -0.973. The second kappa shape index (κ2) is 35.5. The van der Waals surface area contributed by atoms with Crippen LogP contribution in [0, 0.1) is 6.67 Å². The maximum atomic E-state index is 5.48. The van der Waals surface area contributed by atoms with Crippen LogP contribution in [0.3, 0.4) is 0 Å². The van der Waals surface area contributed by atoms with Gasteiger partial charge >= 0.3 is 35.0 Å². The van der Waals surface area contributed by atoms with Crippen molar-refractivity contribution in [1.82, 2.24) is 4.98 Å². The molecule has 1 aromatic heterocycles. The Hall–Kier alpha value is -10.9. The van der Waals surface area contributed by atoms with Crippen LogP contribution in [0.2, 0.25) is 5.02 Å². The molecule has 0 fully saturated rings. The molecule has 3 nitrogen and oxygen atoms in total. The van der Waals surface area contributed by atoms with Crippen LogP contribution in [0.25, 0.3) is 0 Å². The van der Waals surface area contributed by atoms with E-state index in [4.69, 9.17) is 30.7 Å². The van der Waals surface area contributed by atoms with E-state index in [1.807, 2.05) is 0 Å². The van der Waals surface area contributed by atoms with Crippen molar-refractivity contribution >= 4 is 42.0 Å². The van der Waals surface area contributed by atoms with Crippen LogP contribution in [0.4, 0.5) is 11.4 Å². The number of anilines is 2. The van der Waals surface area contributed by atoms with Crippen molar-refractivity contribution in [3.8, 4) is 0 Å². The predicted molar refractivity (Wildman–Crippen MR) is 435 cm³/mol. The van der Waals surface area contributed by atoms with Crippen LogP contribution in [-0.2, 0) is 15.9 Å². The molecule has 0 saturated carbocycles. The number of hydrogen-bond acceptors (Lipinski definition) is 3. The van der Waals surface area contributed by atoms with E-state index >= 15 is 0 Å². The van der Waals surface area contributed by atoms with Crippen molar-refractivity contribution in [3.05, 3.63) is 537 Å². The molecule has 105 heavy (non-hydrogen) atoms. The summed E-state index contributed by atoms with van der Waals surface area (Å²) in [6, 6.07) is 148. The third kappa shape index (κ3) is 16.9. The number of pyridine rings is 1. The van der Waals surface area contributed by atoms with E-state index in [9.17, 15) is 0 Å². The molecule has 516 valence electrons. The molecular weight excluding hydrogens is 1430 g/mol. The minimum absolute atomic E-state index is 0.0991. The monoisotopic (exact) mass is 1510 g/mol. The molecule has 0 N–H and O–H groups in total. The fraction of sp³-hybridized carbons (Fsp3) is 0.0612. The molecule has 0 saturated heterocycles. The summed E-state index contributed by atoms with van der Waals surface area (Å²) in [6.07, 6.45) is 7.96. The van der Waals surface area contributed by atoms with Crippen LogP contribution in [-0.4, -0.2) is 4.98 Å². The van der Waals surface area contributed by atoms with Gasteiger partial charge in [-0.15, -0.1) is 6.67 Å². The Balaban J connectivity index is 0.000000865. The summed E-state index contributed by atoms with van der Waals surface area (Å²) in [4.78, 5) is 8.71. The molecule has 0 spiro atoms. The topological polar surface area (TPSA) is 19.4 Å². The van der Waals surface area contributed by atoms with Gasteiger partial charge in [0.2, 0.25) is 0 Å². The van der Waals surface area contributed by atoms with Gasteiger partial charge in [0.05, 0.1) is 5.02 Å². The van der Waals surface area contributed by atoms with Gasteiger partial charge in [-0.3, -0.25) is 4.98 Å². The fourth-order valence-electron chi connectivity index (χ4n) is 15.3. The van der Waals surface area contributed by atoms with Gasteiger partial charge in [0, 0.05) is 59.3 Å². The molecule has 15 aromatic rings. The third-order valence-electron chi connectivity index (χ3n) is 19.7. The van der Waals surface area contributed by atoms with Crippen LogP contribution >= 0.6 is 30.7 Å². The predicted octanol–water partition coefficient (Wildman–Crippen LogP) is 25.8. The molecule has 7 heteroatoms. The summed E-state index contributed by atoms with van der Waals surface area (Å²) in [6.45, 7) is 2.40. The first kappa shape index (κ1) is 71.1. The van der Waals surface area contributed by atoms with E-state index < -0.39 is 0 Å². The van der Waals surface area contributed by atoms with E-state index in [1.54, 1.807) is 24.5 Å². The standard InChI is InChI=1S/C93H73N2.C5H4ClN.2ClH.Pd/c1-13-37-68(38-14-1)86(69-39-15-2-16-40-69)80-63-82(88(72-45-21-5-22-46-72)73-47-23-6-24-48-73)92(83(64-80)89(74-49-25-7-26-50-74)75-51-27-8-28-52-75)94-61-62-95(67-94)93-84(90(76-53-29-9-30-54-76)77-55-31-10-32-56-77)65-81(87(70-41-17-3-18-42-70)71-43-19-4-20-44-71)66-85(93)91(78-57-33-11-34-58-78)79-59-35-12-36-60-79;6-5-2-1-3-7-4-5;;;/h1-67,86-91H;1-4H;2*1H;/q-1;;;;+2/p-2. The molecule has 0 radical (unpaired) electrons. The Labute approximate surface area is 640 Å². The molecule has 1 aliphatic heterocycles. The summed E-state index contributed by atoms with van der Waals surface area (Å²) < 4.78 is 0. The Morgan fingerprint density at radius 1 is 0.238 bits per heavy atom. The van der Waals surface area contributed by atoms with E-state index in [1.165, 1.54) is 100 Å². The van der Waals surface area contributed by atoms with E-state index in [0.29, 0.717) is 5.02 Å². The second-order valence-electron chi connectivity index (χ2n) is 26.1. The first-order valence-electron chi connectivity index (χ1n) is 35.4. The van der Waals surface area contributed by atoms with Gasteiger partial charge < -0.3 is 9.80 Å². The molecule has 14 aromatic carbocycles. The van der Waals surface area contributed by atoms with Crippen molar-refractivity contribution in [2.45, 2.75) is 35.5 Å². The number of hydrogen-bond donors (Lipinski definition) is 0. The fourth-order valence-corrected chi connectivity index (χ4v) is 15.4. The van der Waals surface area contributed by atoms with Gasteiger partial charge in [0.15, 0.2) is 0 Å². The van der Waals surface area contributed by atoms with Crippen LogP contribution in [0.1, 0.15) is 136 Å². The Morgan fingerprint density at radius 2 is 0.419 bits per heavy atom. The number of halogens is 3. The summed E-state index contributed by atoms with van der Waals surface area (Å²) in [7, 11) is 9.63. The van der Waals surface area contributed by atoms with Crippen molar-refractivity contribution in [2.24, 2.45) is 0 Å². The summed E-state index contributed by atoms with van der Waals surface area (Å²) >= 11 is 5.37. The van der Waals surface area contributed by atoms with Gasteiger partial charge in [0.1, 0.15) is 0 Å². The first-order chi connectivity index (χ1) is 52.0. The van der Waals surface area contributed by atoms with Crippen LogP contribution in [0.15, 0.2) is 425 Å². The first-order valence-corrected chi connectivity index (χ1v) is 39.8. The van der Waals surface area contributed by atoms with E-state index in [0.717, 1.165) is 11.4 Å². The Morgan fingerprint density at radius 3 is 0.571 bits per heavy atom. The van der Waals surface area contributed by atoms with Gasteiger partial charge in [-0.05, 0) is 125 Å². The minimum atomic E-state index is -0.194. The third-order valence-corrected chi connectivity index (χ3v) is 19.9. The molecule has 0 bridgehead atoms. The molecule has 0 aliphatic carbocycles. The second-order valence-corrected chi connectivity index (χ2v) is 28.9.